The number of benzene rings is 1. The Bertz CT molecular complexity index is 713. The van der Waals surface area contributed by atoms with Crippen molar-refractivity contribution in [2.75, 3.05) is 6.61 Å². The summed E-state index contributed by atoms with van der Waals surface area (Å²) in [6, 6.07) is 10.5. The molecular formula is C14H16BrNO3S2. The molecule has 114 valence electrons. The molecule has 21 heavy (non-hydrogen) atoms. The molecule has 0 bridgehead atoms. The van der Waals surface area contributed by atoms with Crippen LogP contribution in [0.25, 0.3) is 0 Å². The van der Waals surface area contributed by atoms with E-state index in [1.54, 1.807) is 12.1 Å². The first kappa shape index (κ1) is 16.6. The molecule has 0 aliphatic carbocycles. The first-order valence-electron chi connectivity index (χ1n) is 6.40. The van der Waals surface area contributed by atoms with Crippen LogP contribution in [0.1, 0.15) is 23.4 Å². The molecule has 4 nitrogen and oxygen atoms in total. The number of hydrogen-bond acceptors (Lipinski definition) is 4. The minimum atomic E-state index is -3.55. The van der Waals surface area contributed by atoms with Crippen molar-refractivity contribution in [1.82, 2.24) is 4.72 Å². The van der Waals surface area contributed by atoms with Crippen LogP contribution in [0.2, 0.25) is 0 Å². The average molecular weight is 390 g/mol. The van der Waals surface area contributed by atoms with Crippen molar-refractivity contribution in [3.8, 4) is 0 Å². The molecule has 0 saturated heterocycles. The summed E-state index contributed by atoms with van der Waals surface area (Å²) in [6.07, 6.45) is 0.474. The number of rotatable bonds is 6. The van der Waals surface area contributed by atoms with E-state index < -0.39 is 10.0 Å². The van der Waals surface area contributed by atoms with Crippen LogP contribution in [0.4, 0.5) is 0 Å². The summed E-state index contributed by atoms with van der Waals surface area (Å²) in [4.78, 5) is 0.855. The molecule has 1 heterocycles. The Morgan fingerprint density at radius 2 is 2.10 bits per heavy atom. The predicted molar refractivity (Wildman–Crippen MR) is 88.0 cm³/mol. The summed E-state index contributed by atoms with van der Waals surface area (Å²) < 4.78 is 28.5. The zero-order valence-electron chi connectivity index (χ0n) is 11.4. The lowest BCUT2D eigenvalue weighted by Crippen LogP contribution is -2.26. The first-order valence-corrected chi connectivity index (χ1v) is 9.49. The van der Waals surface area contributed by atoms with Crippen LogP contribution >= 0.6 is 27.3 Å². The van der Waals surface area contributed by atoms with Crippen molar-refractivity contribution in [1.29, 1.82) is 0 Å². The summed E-state index contributed by atoms with van der Waals surface area (Å²) in [5.41, 5.74) is 0.889. The lowest BCUT2D eigenvalue weighted by Gasteiger charge is -2.14. The maximum atomic E-state index is 12.3. The van der Waals surface area contributed by atoms with Gasteiger partial charge in [0, 0.05) is 28.4 Å². The fourth-order valence-corrected chi connectivity index (χ4v) is 4.89. The molecule has 7 heteroatoms. The molecule has 1 atom stereocenters. The Morgan fingerprint density at radius 1 is 1.33 bits per heavy atom. The molecule has 1 aromatic carbocycles. The number of aliphatic hydroxyl groups is 1. The number of aliphatic hydroxyl groups excluding tert-OH is 1. The Labute approximate surface area is 137 Å². The standard InChI is InChI=1S/C14H16BrNO3S2/c1-10(11-3-2-4-12(15)9-11)16-21(18,19)14-6-5-13(20-14)7-8-17/h2-6,9-10,16-17H,7-8H2,1H3. The van der Waals surface area contributed by atoms with Crippen molar-refractivity contribution >= 4 is 37.3 Å². The Balaban J connectivity index is 2.16. The third kappa shape index (κ3) is 4.37. The normalized spacial score (nSPS) is 13.3. The maximum Gasteiger partial charge on any atom is 0.250 e. The second kappa shape index (κ2) is 7.02. The third-order valence-electron chi connectivity index (χ3n) is 2.94. The highest BCUT2D eigenvalue weighted by molar-refractivity contribution is 9.10. The van der Waals surface area contributed by atoms with Gasteiger partial charge in [-0.25, -0.2) is 13.1 Å². The fourth-order valence-electron chi connectivity index (χ4n) is 1.88. The van der Waals surface area contributed by atoms with E-state index in [9.17, 15) is 8.42 Å². The van der Waals surface area contributed by atoms with Crippen LogP contribution in [0, 0.1) is 0 Å². The van der Waals surface area contributed by atoms with Crippen LogP contribution < -0.4 is 4.72 Å². The molecule has 2 aromatic rings. The van der Waals surface area contributed by atoms with Gasteiger partial charge in [0.25, 0.3) is 10.0 Å². The number of halogens is 1. The number of thiophene rings is 1. The minimum absolute atomic E-state index is 0.0157. The third-order valence-corrected chi connectivity index (χ3v) is 6.61. The van der Waals surface area contributed by atoms with Gasteiger partial charge in [-0.05, 0) is 36.8 Å². The van der Waals surface area contributed by atoms with Crippen molar-refractivity contribution in [3.63, 3.8) is 0 Å². The molecule has 0 aliphatic heterocycles. The maximum absolute atomic E-state index is 12.3. The lowest BCUT2D eigenvalue weighted by atomic mass is 10.1. The van der Waals surface area contributed by atoms with Gasteiger partial charge in [-0.15, -0.1) is 11.3 Å². The van der Waals surface area contributed by atoms with Crippen LogP contribution in [-0.2, 0) is 16.4 Å². The largest absolute Gasteiger partial charge is 0.396 e. The molecule has 0 amide bonds. The Hall–Kier alpha value is -0.730. The fraction of sp³-hybridized carbons (Fsp3) is 0.286. The van der Waals surface area contributed by atoms with Crippen molar-refractivity contribution in [2.24, 2.45) is 0 Å². The molecule has 1 aromatic heterocycles. The summed E-state index contributed by atoms with van der Waals surface area (Å²) in [6.45, 7) is 1.82. The van der Waals surface area contributed by atoms with Gasteiger partial charge in [0.1, 0.15) is 4.21 Å². The van der Waals surface area contributed by atoms with Gasteiger partial charge < -0.3 is 5.11 Å². The van der Waals surface area contributed by atoms with Crippen LogP contribution in [0.3, 0.4) is 0 Å². The second-order valence-corrected chi connectivity index (χ2v) is 8.62. The van der Waals surface area contributed by atoms with Gasteiger partial charge in [0.2, 0.25) is 0 Å². The molecule has 1 unspecified atom stereocenters. The second-order valence-electron chi connectivity index (χ2n) is 4.59. The van der Waals surface area contributed by atoms with E-state index in [1.165, 1.54) is 11.3 Å². The SMILES string of the molecule is CC(NS(=O)(=O)c1ccc(CCO)s1)c1cccc(Br)c1. The van der Waals surface area contributed by atoms with Crippen molar-refractivity contribution in [2.45, 2.75) is 23.6 Å². The highest BCUT2D eigenvalue weighted by Crippen LogP contribution is 2.25. The molecular weight excluding hydrogens is 374 g/mol. The van der Waals surface area contributed by atoms with E-state index in [1.807, 2.05) is 31.2 Å². The molecule has 2 N–H and O–H groups in total. The highest BCUT2D eigenvalue weighted by Gasteiger charge is 2.20. The lowest BCUT2D eigenvalue weighted by molar-refractivity contribution is 0.300. The number of nitrogens with one attached hydrogen (secondary N) is 1. The van der Waals surface area contributed by atoms with Gasteiger partial charge in [-0.3, -0.25) is 0 Å². The zero-order chi connectivity index (χ0) is 15.5. The molecule has 0 saturated carbocycles. The van der Waals surface area contributed by atoms with Gasteiger partial charge >= 0.3 is 0 Å². The van der Waals surface area contributed by atoms with Gasteiger partial charge in [0.15, 0.2) is 0 Å². The van der Waals surface area contributed by atoms with Gasteiger partial charge in [-0.1, -0.05) is 28.1 Å². The minimum Gasteiger partial charge on any atom is -0.396 e. The van der Waals surface area contributed by atoms with Crippen molar-refractivity contribution in [3.05, 3.63) is 51.3 Å². The van der Waals surface area contributed by atoms with Gasteiger partial charge in [0.05, 0.1) is 0 Å². The Morgan fingerprint density at radius 3 is 2.76 bits per heavy atom. The van der Waals surface area contributed by atoms with Crippen LogP contribution in [-0.4, -0.2) is 20.1 Å². The molecule has 0 fully saturated rings. The summed E-state index contributed by atoms with van der Waals surface area (Å²) in [7, 11) is -3.55. The van der Waals surface area contributed by atoms with Gasteiger partial charge in [-0.2, -0.15) is 0 Å². The first-order chi connectivity index (χ1) is 9.92. The summed E-state index contributed by atoms with van der Waals surface area (Å²) in [5.74, 6) is 0. The van der Waals surface area contributed by atoms with Crippen molar-refractivity contribution < 1.29 is 13.5 Å². The van der Waals surface area contributed by atoms with E-state index in [4.69, 9.17) is 5.11 Å². The summed E-state index contributed by atoms with van der Waals surface area (Å²) >= 11 is 4.56. The molecule has 2 rings (SSSR count). The average Bonchev–Trinajstić information content (AvgIpc) is 2.88. The Kier molecular flexibility index (Phi) is 5.56. The zero-order valence-corrected chi connectivity index (χ0v) is 14.6. The highest BCUT2D eigenvalue weighted by atomic mass is 79.9. The molecule has 0 aliphatic rings. The van der Waals surface area contributed by atoms with E-state index in [2.05, 4.69) is 20.7 Å². The number of hydrogen-bond donors (Lipinski definition) is 2. The topological polar surface area (TPSA) is 66.4 Å². The quantitative estimate of drug-likeness (QED) is 0.797. The molecule has 0 radical (unpaired) electrons. The molecule has 0 spiro atoms. The summed E-state index contributed by atoms with van der Waals surface area (Å²) in [5, 5.41) is 8.89. The smallest absolute Gasteiger partial charge is 0.250 e. The van der Waals surface area contributed by atoms with E-state index in [-0.39, 0.29) is 16.9 Å². The monoisotopic (exact) mass is 389 g/mol. The van der Waals surface area contributed by atoms with Crippen LogP contribution in [0.15, 0.2) is 45.1 Å². The van der Waals surface area contributed by atoms with E-state index >= 15 is 0 Å². The van der Waals surface area contributed by atoms with E-state index in [0.717, 1.165) is 14.9 Å². The van der Waals surface area contributed by atoms with E-state index in [0.29, 0.717) is 6.42 Å². The predicted octanol–water partition coefficient (Wildman–Crippen LogP) is 3.08. The van der Waals surface area contributed by atoms with Crippen LogP contribution in [0.5, 0.6) is 0 Å². The number of sulfonamides is 1.